The van der Waals surface area contributed by atoms with Crippen molar-refractivity contribution in [3.8, 4) is 0 Å². The van der Waals surface area contributed by atoms with E-state index in [4.69, 9.17) is 0 Å². The van der Waals surface area contributed by atoms with Crippen LogP contribution < -0.4 is 0 Å². The van der Waals surface area contributed by atoms with E-state index in [0.29, 0.717) is 5.92 Å². The predicted molar refractivity (Wildman–Crippen MR) is 72.8 cm³/mol. The zero-order valence-electron chi connectivity index (χ0n) is 9.57. The maximum Gasteiger partial charge on any atom is 0.0180 e. The van der Waals surface area contributed by atoms with Gasteiger partial charge in [0.05, 0.1) is 0 Å². The molecule has 2 aromatic carbocycles. The monoisotopic (exact) mass is 274 g/mol. The first-order valence-corrected chi connectivity index (χ1v) is 6.28. The maximum absolute atomic E-state index is 3.55. The second-order valence-corrected chi connectivity index (χ2v) is 5.11. The zero-order chi connectivity index (χ0) is 11.5. The molecule has 0 aliphatic heterocycles. The Hall–Kier alpha value is -1.08. The molecule has 0 bridgehead atoms. The molecule has 0 aliphatic rings. The van der Waals surface area contributed by atoms with Gasteiger partial charge in [0.25, 0.3) is 0 Å². The molecule has 16 heavy (non-hydrogen) atoms. The van der Waals surface area contributed by atoms with Crippen molar-refractivity contribution >= 4 is 15.9 Å². The van der Waals surface area contributed by atoms with Gasteiger partial charge in [-0.1, -0.05) is 59.3 Å². The molecule has 1 atom stereocenters. The molecule has 0 saturated heterocycles. The van der Waals surface area contributed by atoms with Crippen LogP contribution >= 0.6 is 15.9 Å². The number of aryl methyl sites for hydroxylation is 1. The lowest BCUT2D eigenvalue weighted by molar-refractivity contribution is 0.919. The van der Waals surface area contributed by atoms with Gasteiger partial charge in [0, 0.05) is 10.4 Å². The SMILES string of the molecule is Cc1cc(Br)cc(C(C)c2ccccc2)c1. The van der Waals surface area contributed by atoms with E-state index in [1.807, 2.05) is 0 Å². The minimum absolute atomic E-state index is 0.442. The van der Waals surface area contributed by atoms with Crippen LogP contribution in [0, 0.1) is 6.92 Å². The molecule has 1 heteroatoms. The van der Waals surface area contributed by atoms with Gasteiger partial charge >= 0.3 is 0 Å². The van der Waals surface area contributed by atoms with E-state index in [1.54, 1.807) is 0 Å². The summed E-state index contributed by atoms with van der Waals surface area (Å²) < 4.78 is 1.16. The Morgan fingerprint density at radius 2 is 1.62 bits per heavy atom. The molecular formula is C15H15Br. The minimum atomic E-state index is 0.442. The summed E-state index contributed by atoms with van der Waals surface area (Å²) in [5, 5.41) is 0. The summed E-state index contributed by atoms with van der Waals surface area (Å²) >= 11 is 3.55. The van der Waals surface area contributed by atoms with Crippen LogP contribution in [0.2, 0.25) is 0 Å². The Bertz CT molecular complexity index is 454. The molecule has 0 saturated carbocycles. The average molecular weight is 275 g/mol. The average Bonchev–Trinajstić information content (AvgIpc) is 2.28. The van der Waals surface area contributed by atoms with Crippen molar-refractivity contribution in [3.05, 3.63) is 69.7 Å². The standard InChI is InChI=1S/C15H15Br/c1-11-8-14(10-15(16)9-11)12(2)13-6-4-3-5-7-13/h3-10,12H,1-2H3. The predicted octanol–water partition coefficient (Wildman–Crippen LogP) is 4.91. The molecule has 0 radical (unpaired) electrons. The van der Waals surface area contributed by atoms with Crippen molar-refractivity contribution in [2.24, 2.45) is 0 Å². The number of benzene rings is 2. The lowest BCUT2D eigenvalue weighted by atomic mass is 9.92. The van der Waals surface area contributed by atoms with E-state index in [2.05, 4.69) is 78.3 Å². The van der Waals surface area contributed by atoms with Gasteiger partial charge in [0.1, 0.15) is 0 Å². The topological polar surface area (TPSA) is 0 Å². The molecule has 1 unspecified atom stereocenters. The Balaban J connectivity index is 2.37. The van der Waals surface area contributed by atoms with Crippen molar-refractivity contribution in [1.29, 1.82) is 0 Å². The van der Waals surface area contributed by atoms with Gasteiger partial charge in [-0.3, -0.25) is 0 Å². The molecule has 0 fully saturated rings. The van der Waals surface area contributed by atoms with Gasteiger partial charge in [-0.2, -0.15) is 0 Å². The van der Waals surface area contributed by atoms with Crippen molar-refractivity contribution in [2.45, 2.75) is 19.8 Å². The number of hydrogen-bond acceptors (Lipinski definition) is 0. The van der Waals surface area contributed by atoms with Crippen molar-refractivity contribution in [1.82, 2.24) is 0 Å². The highest BCUT2D eigenvalue weighted by atomic mass is 79.9. The highest BCUT2D eigenvalue weighted by Gasteiger charge is 2.08. The summed E-state index contributed by atoms with van der Waals surface area (Å²) in [6.45, 7) is 4.38. The van der Waals surface area contributed by atoms with Crippen LogP contribution in [0.25, 0.3) is 0 Å². The van der Waals surface area contributed by atoms with Gasteiger partial charge < -0.3 is 0 Å². The quantitative estimate of drug-likeness (QED) is 0.730. The summed E-state index contributed by atoms with van der Waals surface area (Å²) in [7, 11) is 0. The van der Waals surface area contributed by atoms with Crippen LogP contribution in [0.3, 0.4) is 0 Å². The lowest BCUT2D eigenvalue weighted by Gasteiger charge is -2.13. The van der Waals surface area contributed by atoms with Crippen LogP contribution in [-0.2, 0) is 0 Å². The number of hydrogen-bond donors (Lipinski definition) is 0. The summed E-state index contributed by atoms with van der Waals surface area (Å²) in [4.78, 5) is 0. The van der Waals surface area contributed by atoms with Crippen molar-refractivity contribution in [2.75, 3.05) is 0 Å². The van der Waals surface area contributed by atoms with E-state index in [1.165, 1.54) is 16.7 Å². The second-order valence-electron chi connectivity index (χ2n) is 4.19. The Morgan fingerprint density at radius 1 is 0.938 bits per heavy atom. The molecular weight excluding hydrogens is 260 g/mol. The largest absolute Gasteiger partial charge is 0.0622 e. The second kappa shape index (κ2) is 4.84. The summed E-state index contributed by atoms with van der Waals surface area (Å²) in [6.07, 6.45) is 0. The van der Waals surface area contributed by atoms with Gasteiger partial charge in [-0.05, 0) is 35.7 Å². The van der Waals surface area contributed by atoms with E-state index < -0.39 is 0 Å². The summed E-state index contributed by atoms with van der Waals surface area (Å²) in [5.41, 5.74) is 4.02. The first-order chi connectivity index (χ1) is 7.66. The molecule has 0 aromatic heterocycles. The third kappa shape index (κ3) is 2.53. The van der Waals surface area contributed by atoms with Crippen LogP contribution in [0.1, 0.15) is 29.5 Å². The van der Waals surface area contributed by atoms with Crippen molar-refractivity contribution < 1.29 is 0 Å². The molecule has 0 amide bonds. The molecule has 0 aliphatic carbocycles. The highest BCUT2D eigenvalue weighted by molar-refractivity contribution is 9.10. The third-order valence-corrected chi connectivity index (χ3v) is 3.32. The van der Waals surface area contributed by atoms with Gasteiger partial charge in [0.2, 0.25) is 0 Å². The third-order valence-electron chi connectivity index (χ3n) is 2.86. The molecule has 82 valence electrons. The van der Waals surface area contributed by atoms with Crippen LogP contribution in [0.15, 0.2) is 53.0 Å². The number of rotatable bonds is 2. The smallest absolute Gasteiger partial charge is 0.0180 e. The van der Waals surface area contributed by atoms with Gasteiger partial charge in [-0.15, -0.1) is 0 Å². The Morgan fingerprint density at radius 3 is 2.25 bits per heavy atom. The fourth-order valence-corrected chi connectivity index (χ4v) is 2.57. The van der Waals surface area contributed by atoms with E-state index >= 15 is 0 Å². The van der Waals surface area contributed by atoms with Gasteiger partial charge in [-0.25, -0.2) is 0 Å². The van der Waals surface area contributed by atoms with Gasteiger partial charge in [0.15, 0.2) is 0 Å². The molecule has 2 aromatic rings. The van der Waals surface area contributed by atoms with Crippen LogP contribution in [0.4, 0.5) is 0 Å². The Kier molecular flexibility index (Phi) is 3.45. The molecule has 0 heterocycles. The fourth-order valence-electron chi connectivity index (χ4n) is 1.95. The number of halogens is 1. The summed E-state index contributed by atoms with van der Waals surface area (Å²) in [6, 6.07) is 17.2. The summed E-state index contributed by atoms with van der Waals surface area (Å²) in [5.74, 6) is 0.442. The molecule has 0 N–H and O–H groups in total. The maximum atomic E-state index is 3.55. The molecule has 0 nitrogen and oxygen atoms in total. The van der Waals surface area contributed by atoms with Crippen LogP contribution in [-0.4, -0.2) is 0 Å². The lowest BCUT2D eigenvalue weighted by Crippen LogP contribution is -1.96. The van der Waals surface area contributed by atoms with E-state index in [9.17, 15) is 0 Å². The van der Waals surface area contributed by atoms with E-state index in [0.717, 1.165) is 4.47 Å². The highest BCUT2D eigenvalue weighted by Crippen LogP contribution is 2.27. The first kappa shape index (κ1) is 11.4. The fraction of sp³-hybridized carbons (Fsp3) is 0.200. The molecule has 2 rings (SSSR count). The minimum Gasteiger partial charge on any atom is -0.0622 e. The van der Waals surface area contributed by atoms with Crippen molar-refractivity contribution in [3.63, 3.8) is 0 Å². The first-order valence-electron chi connectivity index (χ1n) is 5.49. The molecule has 0 spiro atoms. The van der Waals surface area contributed by atoms with Crippen LogP contribution in [0.5, 0.6) is 0 Å². The zero-order valence-corrected chi connectivity index (χ0v) is 11.2. The normalized spacial score (nSPS) is 12.4. The van der Waals surface area contributed by atoms with E-state index in [-0.39, 0.29) is 0 Å². The Labute approximate surface area is 105 Å².